The fourth-order valence-electron chi connectivity index (χ4n) is 3.67. The molecule has 0 atom stereocenters. The summed E-state index contributed by atoms with van der Waals surface area (Å²) in [4.78, 5) is 19.8. The summed E-state index contributed by atoms with van der Waals surface area (Å²) in [6.45, 7) is 2.47. The molecule has 0 unspecified atom stereocenters. The maximum Gasteiger partial charge on any atom is 0.320 e. The number of nitrogens with one attached hydrogen (secondary N) is 1. The topological polar surface area (TPSA) is 95.1 Å². The molecule has 1 N–H and O–H groups in total. The number of rotatable bonds is 8. The second-order valence-electron chi connectivity index (χ2n) is 7.45. The Bertz CT molecular complexity index is 869. The number of pyridine rings is 1. The predicted molar refractivity (Wildman–Crippen MR) is 109 cm³/mol. The first kappa shape index (κ1) is 22.4. The third-order valence-corrected chi connectivity index (χ3v) is 7.31. The van der Waals surface area contributed by atoms with E-state index in [4.69, 9.17) is 4.74 Å². The van der Waals surface area contributed by atoms with Crippen LogP contribution in [0.5, 0.6) is 5.88 Å². The molecule has 1 aromatic heterocycles. The molecule has 166 valence electrons. The number of amides is 2. The quantitative estimate of drug-likeness (QED) is 0.648. The van der Waals surface area contributed by atoms with Crippen LogP contribution in [0, 0.1) is 0 Å². The highest BCUT2D eigenvalue weighted by Crippen LogP contribution is 2.25. The number of urea groups is 1. The summed E-state index contributed by atoms with van der Waals surface area (Å²) in [5, 5.41) is 2.83. The maximum absolute atomic E-state index is 12.9. The van der Waals surface area contributed by atoms with Gasteiger partial charge in [-0.05, 0) is 26.0 Å². The zero-order valence-electron chi connectivity index (χ0n) is 17.3. The van der Waals surface area contributed by atoms with E-state index >= 15 is 0 Å². The molecule has 2 fully saturated rings. The zero-order chi connectivity index (χ0) is 21.7. The molecule has 2 saturated heterocycles. The molecule has 30 heavy (non-hydrogen) atoms. The summed E-state index contributed by atoms with van der Waals surface area (Å²) in [6, 6.07) is 2.99. The lowest BCUT2D eigenvalue weighted by Crippen LogP contribution is -2.47. The highest BCUT2D eigenvalue weighted by Gasteiger charge is 2.36. The third-order valence-electron chi connectivity index (χ3n) is 5.42. The number of sulfonamides is 1. The second-order valence-corrected chi connectivity index (χ2v) is 9.39. The standard InChI is InChI=1S/C19H28FN5O4S/c1-21-12-15(11-20)14-29-18-4-3-17(13-22-18)30(27,28)24-7-5-16(6-8-24)25-10-9-23(2)19(25)26/h3-4,11,13,16,21H,5-10,12,14H2,1-2H3/b15-11+. The minimum atomic E-state index is -3.67. The Balaban J connectivity index is 1.57. The number of hydrogen-bond acceptors (Lipinski definition) is 6. The molecule has 2 amide bonds. The van der Waals surface area contributed by atoms with E-state index in [1.54, 1.807) is 19.0 Å². The van der Waals surface area contributed by atoms with Gasteiger partial charge in [-0.1, -0.05) is 0 Å². The van der Waals surface area contributed by atoms with Gasteiger partial charge in [-0.2, -0.15) is 4.31 Å². The van der Waals surface area contributed by atoms with Crippen LogP contribution >= 0.6 is 0 Å². The number of halogens is 1. The summed E-state index contributed by atoms with van der Waals surface area (Å²) < 4.78 is 45.4. The van der Waals surface area contributed by atoms with Gasteiger partial charge in [0.1, 0.15) is 11.5 Å². The molecular weight excluding hydrogens is 413 g/mol. The predicted octanol–water partition coefficient (Wildman–Crippen LogP) is 1.05. The average molecular weight is 442 g/mol. The summed E-state index contributed by atoms with van der Waals surface area (Å²) in [5.41, 5.74) is 0.418. The molecule has 1 aromatic rings. The van der Waals surface area contributed by atoms with Crippen molar-refractivity contribution in [2.75, 3.05) is 53.4 Å². The van der Waals surface area contributed by atoms with Crippen molar-refractivity contribution in [1.29, 1.82) is 0 Å². The van der Waals surface area contributed by atoms with Crippen LogP contribution in [0.25, 0.3) is 0 Å². The Labute approximate surface area is 176 Å². The molecule has 0 spiro atoms. The number of ether oxygens (including phenoxy) is 1. The van der Waals surface area contributed by atoms with Gasteiger partial charge in [0.15, 0.2) is 0 Å². The van der Waals surface area contributed by atoms with E-state index < -0.39 is 10.0 Å². The van der Waals surface area contributed by atoms with Gasteiger partial charge in [0.05, 0.1) is 12.5 Å². The van der Waals surface area contributed by atoms with Crippen molar-refractivity contribution in [2.24, 2.45) is 0 Å². The minimum Gasteiger partial charge on any atom is -0.473 e. The lowest BCUT2D eigenvalue weighted by Gasteiger charge is -2.35. The number of carbonyl (C=O) groups excluding carboxylic acids is 1. The summed E-state index contributed by atoms with van der Waals surface area (Å²) >= 11 is 0. The molecule has 0 radical (unpaired) electrons. The summed E-state index contributed by atoms with van der Waals surface area (Å²) in [5.74, 6) is 0.222. The molecule has 2 aliphatic rings. The highest BCUT2D eigenvalue weighted by molar-refractivity contribution is 7.89. The summed E-state index contributed by atoms with van der Waals surface area (Å²) in [7, 11) is -0.199. The first-order valence-corrected chi connectivity index (χ1v) is 11.3. The van der Waals surface area contributed by atoms with E-state index in [1.807, 2.05) is 4.90 Å². The number of piperidine rings is 1. The number of nitrogens with zero attached hydrogens (tertiary/aromatic N) is 4. The van der Waals surface area contributed by atoms with Gasteiger partial charge in [-0.15, -0.1) is 0 Å². The largest absolute Gasteiger partial charge is 0.473 e. The summed E-state index contributed by atoms with van der Waals surface area (Å²) in [6.07, 6.45) is 2.95. The van der Waals surface area contributed by atoms with E-state index in [0.29, 0.717) is 57.5 Å². The molecule has 0 aromatic carbocycles. The maximum atomic E-state index is 12.9. The third kappa shape index (κ3) is 4.90. The number of aromatic nitrogens is 1. The normalized spacial score (nSPS) is 19.6. The first-order valence-electron chi connectivity index (χ1n) is 9.90. The van der Waals surface area contributed by atoms with Gasteiger partial charge < -0.3 is 19.9 Å². The Morgan fingerprint density at radius 1 is 1.30 bits per heavy atom. The molecule has 3 rings (SSSR count). The van der Waals surface area contributed by atoms with Crippen LogP contribution in [0.15, 0.2) is 35.1 Å². The van der Waals surface area contributed by atoms with Crippen molar-refractivity contribution in [3.8, 4) is 5.88 Å². The molecule has 0 bridgehead atoms. The monoisotopic (exact) mass is 441 g/mol. The Morgan fingerprint density at radius 2 is 2.03 bits per heavy atom. The fraction of sp³-hybridized carbons (Fsp3) is 0.579. The SMILES string of the molecule is CNC/C(=C\F)COc1ccc(S(=O)(=O)N2CCC(N3CCN(C)C3=O)CC2)cn1. The average Bonchev–Trinajstić information content (AvgIpc) is 3.10. The van der Waals surface area contributed by atoms with Crippen molar-refractivity contribution in [3.05, 3.63) is 30.2 Å². The van der Waals surface area contributed by atoms with Gasteiger partial charge in [0.25, 0.3) is 0 Å². The first-order chi connectivity index (χ1) is 14.4. The van der Waals surface area contributed by atoms with Crippen LogP contribution in [-0.4, -0.2) is 93.0 Å². The molecule has 2 aliphatic heterocycles. The van der Waals surface area contributed by atoms with Crippen molar-refractivity contribution in [2.45, 2.75) is 23.8 Å². The fourth-order valence-corrected chi connectivity index (χ4v) is 5.09. The van der Waals surface area contributed by atoms with E-state index in [9.17, 15) is 17.6 Å². The van der Waals surface area contributed by atoms with E-state index in [0.717, 1.165) is 0 Å². The van der Waals surface area contributed by atoms with Crippen LogP contribution < -0.4 is 10.1 Å². The van der Waals surface area contributed by atoms with Crippen LogP contribution in [-0.2, 0) is 10.0 Å². The Morgan fingerprint density at radius 3 is 2.57 bits per heavy atom. The number of hydrogen-bond donors (Lipinski definition) is 1. The van der Waals surface area contributed by atoms with Crippen molar-refractivity contribution >= 4 is 16.1 Å². The van der Waals surface area contributed by atoms with Crippen molar-refractivity contribution in [3.63, 3.8) is 0 Å². The van der Waals surface area contributed by atoms with E-state index in [-0.39, 0.29) is 29.5 Å². The van der Waals surface area contributed by atoms with Crippen LogP contribution in [0.1, 0.15) is 12.8 Å². The molecule has 9 nitrogen and oxygen atoms in total. The van der Waals surface area contributed by atoms with E-state index in [1.165, 1.54) is 22.6 Å². The minimum absolute atomic E-state index is 0.0107. The second kappa shape index (κ2) is 9.71. The smallest absolute Gasteiger partial charge is 0.320 e. The number of carbonyl (C=O) groups is 1. The molecule has 3 heterocycles. The highest BCUT2D eigenvalue weighted by atomic mass is 32.2. The Hall–Kier alpha value is -2.24. The van der Waals surface area contributed by atoms with Gasteiger partial charge in [-0.3, -0.25) is 0 Å². The number of likely N-dealkylation sites (N-methyl/N-ethyl adjacent to an activating group) is 2. The van der Waals surface area contributed by atoms with Crippen molar-refractivity contribution < 1.29 is 22.3 Å². The Kier molecular flexibility index (Phi) is 7.27. The van der Waals surface area contributed by atoms with E-state index in [2.05, 4.69) is 10.3 Å². The van der Waals surface area contributed by atoms with Crippen LogP contribution in [0.2, 0.25) is 0 Å². The van der Waals surface area contributed by atoms with Gasteiger partial charge in [-0.25, -0.2) is 22.6 Å². The zero-order valence-corrected chi connectivity index (χ0v) is 18.1. The van der Waals surface area contributed by atoms with Crippen LogP contribution in [0.3, 0.4) is 0 Å². The van der Waals surface area contributed by atoms with Gasteiger partial charge in [0, 0.05) is 57.5 Å². The lowest BCUT2D eigenvalue weighted by atomic mass is 10.1. The molecule has 0 aliphatic carbocycles. The molecule has 11 heteroatoms. The van der Waals surface area contributed by atoms with Gasteiger partial charge >= 0.3 is 6.03 Å². The lowest BCUT2D eigenvalue weighted by molar-refractivity contribution is 0.158. The molecular formula is C19H28FN5O4S. The molecule has 0 saturated carbocycles. The van der Waals surface area contributed by atoms with Gasteiger partial charge in [0.2, 0.25) is 15.9 Å². The van der Waals surface area contributed by atoms with Crippen molar-refractivity contribution in [1.82, 2.24) is 24.4 Å². The van der Waals surface area contributed by atoms with Crippen LogP contribution in [0.4, 0.5) is 9.18 Å².